The van der Waals surface area contributed by atoms with Crippen LogP contribution in [0.25, 0.3) is 11.0 Å². The number of rotatable bonds is 6. The number of methoxy groups -OCH3 is 1. The molecular formula is C21H21NO3. The number of nitrogens with zero attached hydrogens (tertiary/aromatic N) is 1. The standard InChI is InChI=1S/C21H21NO3/c1-24-18-9-10-19-16(14-25-20(19)12-18)11-21(23)22(17-7-8-17)13-15-5-3-2-4-6-15/h2-6,9-10,12,14,17H,7-8,11,13H2,1H3. The predicted octanol–water partition coefficient (Wildman–Crippen LogP) is 4.18. The van der Waals surface area contributed by atoms with E-state index in [1.165, 1.54) is 5.56 Å². The Morgan fingerprint density at radius 1 is 1.20 bits per heavy atom. The number of fused-ring (bicyclic) bond motifs is 1. The van der Waals surface area contributed by atoms with Crippen LogP contribution >= 0.6 is 0 Å². The molecule has 0 atom stereocenters. The van der Waals surface area contributed by atoms with Crippen LogP contribution in [0.2, 0.25) is 0 Å². The normalized spacial score (nSPS) is 13.8. The second-order valence-electron chi connectivity index (χ2n) is 6.54. The lowest BCUT2D eigenvalue weighted by Gasteiger charge is -2.22. The van der Waals surface area contributed by atoms with Crippen LogP contribution in [-0.2, 0) is 17.8 Å². The van der Waals surface area contributed by atoms with E-state index in [0.717, 1.165) is 35.1 Å². The van der Waals surface area contributed by atoms with Gasteiger partial charge in [0, 0.05) is 29.6 Å². The fraction of sp³-hybridized carbons (Fsp3) is 0.286. The number of furan rings is 1. The van der Waals surface area contributed by atoms with Gasteiger partial charge in [0.25, 0.3) is 0 Å². The van der Waals surface area contributed by atoms with Gasteiger partial charge in [0.15, 0.2) is 0 Å². The Kier molecular flexibility index (Phi) is 4.18. The molecule has 1 aliphatic carbocycles. The van der Waals surface area contributed by atoms with E-state index in [-0.39, 0.29) is 5.91 Å². The monoisotopic (exact) mass is 335 g/mol. The first-order chi connectivity index (χ1) is 12.2. The summed E-state index contributed by atoms with van der Waals surface area (Å²) >= 11 is 0. The van der Waals surface area contributed by atoms with E-state index in [0.29, 0.717) is 19.0 Å². The Morgan fingerprint density at radius 3 is 2.72 bits per heavy atom. The smallest absolute Gasteiger partial charge is 0.227 e. The molecule has 128 valence electrons. The zero-order chi connectivity index (χ0) is 17.2. The molecule has 3 aromatic rings. The molecule has 1 saturated carbocycles. The molecule has 0 radical (unpaired) electrons. The number of benzene rings is 2. The van der Waals surface area contributed by atoms with Gasteiger partial charge in [-0.2, -0.15) is 0 Å². The quantitative estimate of drug-likeness (QED) is 0.679. The van der Waals surface area contributed by atoms with Crippen molar-refractivity contribution in [2.45, 2.75) is 31.8 Å². The third-order valence-corrected chi connectivity index (χ3v) is 4.71. The Bertz CT molecular complexity index is 881. The van der Waals surface area contributed by atoms with E-state index in [1.54, 1.807) is 13.4 Å². The van der Waals surface area contributed by atoms with Crippen molar-refractivity contribution in [2.75, 3.05) is 7.11 Å². The number of carbonyl (C=O) groups excluding carboxylic acids is 1. The summed E-state index contributed by atoms with van der Waals surface area (Å²) in [6.07, 6.45) is 4.25. The van der Waals surface area contributed by atoms with E-state index in [4.69, 9.17) is 9.15 Å². The fourth-order valence-corrected chi connectivity index (χ4v) is 3.18. The van der Waals surface area contributed by atoms with Crippen molar-refractivity contribution in [1.29, 1.82) is 0 Å². The van der Waals surface area contributed by atoms with Crippen LogP contribution in [0, 0.1) is 0 Å². The minimum absolute atomic E-state index is 0.157. The molecular weight excluding hydrogens is 314 g/mol. The summed E-state index contributed by atoms with van der Waals surface area (Å²) in [6, 6.07) is 16.3. The molecule has 4 rings (SSSR count). The van der Waals surface area contributed by atoms with Gasteiger partial charge in [0.05, 0.1) is 19.8 Å². The molecule has 2 aromatic carbocycles. The zero-order valence-electron chi connectivity index (χ0n) is 14.3. The molecule has 4 heteroatoms. The van der Waals surface area contributed by atoms with Crippen LogP contribution in [0.5, 0.6) is 5.75 Å². The highest BCUT2D eigenvalue weighted by Crippen LogP contribution is 2.31. The van der Waals surface area contributed by atoms with Crippen molar-refractivity contribution in [3.8, 4) is 5.75 Å². The summed E-state index contributed by atoms with van der Waals surface area (Å²) in [5, 5.41) is 0.976. The minimum Gasteiger partial charge on any atom is -0.497 e. The predicted molar refractivity (Wildman–Crippen MR) is 96.5 cm³/mol. The number of amides is 1. The molecule has 1 fully saturated rings. The van der Waals surface area contributed by atoms with Gasteiger partial charge in [-0.05, 0) is 30.5 Å². The van der Waals surface area contributed by atoms with Gasteiger partial charge in [-0.1, -0.05) is 30.3 Å². The van der Waals surface area contributed by atoms with Gasteiger partial charge in [0.1, 0.15) is 11.3 Å². The first kappa shape index (κ1) is 15.8. The number of carbonyl (C=O) groups is 1. The third-order valence-electron chi connectivity index (χ3n) is 4.71. The zero-order valence-corrected chi connectivity index (χ0v) is 14.3. The maximum absolute atomic E-state index is 12.9. The van der Waals surface area contributed by atoms with Gasteiger partial charge < -0.3 is 14.1 Å². The van der Waals surface area contributed by atoms with E-state index < -0.39 is 0 Å². The Balaban J connectivity index is 1.53. The van der Waals surface area contributed by atoms with Crippen molar-refractivity contribution in [1.82, 2.24) is 4.90 Å². The molecule has 25 heavy (non-hydrogen) atoms. The van der Waals surface area contributed by atoms with Gasteiger partial charge >= 0.3 is 0 Å². The molecule has 1 heterocycles. The second-order valence-corrected chi connectivity index (χ2v) is 6.54. The first-order valence-corrected chi connectivity index (χ1v) is 8.62. The molecule has 1 aliphatic rings. The Morgan fingerprint density at radius 2 is 2.00 bits per heavy atom. The lowest BCUT2D eigenvalue weighted by atomic mass is 10.1. The average Bonchev–Trinajstić information content (AvgIpc) is 3.42. The van der Waals surface area contributed by atoms with Crippen LogP contribution in [0.15, 0.2) is 59.2 Å². The summed E-state index contributed by atoms with van der Waals surface area (Å²) < 4.78 is 10.8. The maximum atomic E-state index is 12.9. The van der Waals surface area contributed by atoms with Gasteiger partial charge in [-0.15, -0.1) is 0 Å². The second kappa shape index (κ2) is 6.63. The molecule has 1 aromatic heterocycles. The van der Waals surface area contributed by atoms with Crippen LogP contribution < -0.4 is 4.74 Å². The van der Waals surface area contributed by atoms with Crippen LogP contribution in [0.4, 0.5) is 0 Å². The highest BCUT2D eigenvalue weighted by atomic mass is 16.5. The summed E-state index contributed by atoms with van der Waals surface area (Å²) in [6.45, 7) is 0.675. The van der Waals surface area contributed by atoms with Crippen LogP contribution in [0.3, 0.4) is 0 Å². The topological polar surface area (TPSA) is 42.7 Å². The molecule has 1 amide bonds. The minimum atomic E-state index is 0.157. The lowest BCUT2D eigenvalue weighted by molar-refractivity contribution is -0.131. The summed E-state index contributed by atoms with van der Waals surface area (Å²) in [5.74, 6) is 0.910. The highest BCUT2D eigenvalue weighted by Gasteiger charge is 2.32. The van der Waals surface area contributed by atoms with Gasteiger partial charge in [-0.3, -0.25) is 4.79 Å². The SMILES string of the molecule is COc1ccc2c(CC(=O)N(Cc3ccccc3)C3CC3)coc2c1. The Labute approximate surface area is 147 Å². The molecule has 0 saturated heterocycles. The van der Waals surface area contributed by atoms with E-state index in [2.05, 4.69) is 12.1 Å². The fourth-order valence-electron chi connectivity index (χ4n) is 3.18. The van der Waals surface area contributed by atoms with E-state index in [9.17, 15) is 4.79 Å². The molecule has 0 aliphatic heterocycles. The van der Waals surface area contributed by atoms with Gasteiger partial charge in [0.2, 0.25) is 5.91 Å². The molecule has 0 spiro atoms. The van der Waals surface area contributed by atoms with Crippen molar-refractivity contribution in [2.24, 2.45) is 0 Å². The van der Waals surface area contributed by atoms with Crippen molar-refractivity contribution in [3.05, 3.63) is 65.9 Å². The Hall–Kier alpha value is -2.75. The highest BCUT2D eigenvalue weighted by molar-refractivity contribution is 5.88. The molecule has 4 nitrogen and oxygen atoms in total. The average molecular weight is 335 g/mol. The molecule has 0 unspecified atom stereocenters. The lowest BCUT2D eigenvalue weighted by Crippen LogP contribution is -2.33. The van der Waals surface area contributed by atoms with E-state index >= 15 is 0 Å². The largest absolute Gasteiger partial charge is 0.497 e. The van der Waals surface area contributed by atoms with Gasteiger partial charge in [-0.25, -0.2) is 0 Å². The van der Waals surface area contributed by atoms with Crippen molar-refractivity contribution >= 4 is 16.9 Å². The van der Waals surface area contributed by atoms with E-state index in [1.807, 2.05) is 41.3 Å². The van der Waals surface area contributed by atoms with Crippen molar-refractivity contribution < 1.29 is 13.9 Å². The molecule has 0 bridgehead atoms. The maximum Gasteiger partial charge on any atom is 0.227 e. The summed E-state index contributed by atoms with van der Waals surface area (Å²) in [7, 11) is 1.63. The third kappa shape index (κ3) is 3.38. The van der Waals surface area contributed by atoms with Crippen LogP contribution in [0.1, 0.15) is 24.0 Å². The summed E-state index contributed by atoms with van der Waals surface area (Å²) in [5.41, 5.74) is 2.86. The number of hydrogen-bond donors (Lipinski definition) is 0. The van der Waals surface area contributed by atoms with Crippen molar-refractivity contribution in [3.63, 3.8) is 0 Å². The molecule has 0 N–H and O–H groups in total. The summed E-state index contributed by atoms with van der Waals surface area (Å²) in [4.78, 5) is 14.9. The van der Waals surface area contributed by atoms with Crippen LogP contribution in [-0.4, -0.2) is 24.0 Å². The number of hydrogen-bond acceptors (Lipinski definition) is 3. The number of ether oxygens (including phenoxy) is 1. The first-order valence-electron chi connectivity index (χ1n) is 8.62.